The minimum atomic E-state index is -0.131. The summed E-state index contributed by atoms with van der Waals surface area (Å²) < 4.78 is 0. The topological polar surface area (TPSA) is 20.3 Å². The summed E-state index contributed by atoms with van der Waals surface area (Å²) in [5, 5.41) is 0. The van der Waals surface area contributed by atoms with E-state index in [-0.39, 0.29) is 5.91 Å². The van der Waals surface area contributed by atoms with Gasteiger partial charge in [-0.3, -0.25) is 9.69 Å². The predicted octanol–water partition coefficient (Wildman–Crippen LogP) is 5.06. The number of hydrogen-bond donors (Lipinski definition) is 0. The molecule has 0 aliphatic carbocycles. The van der Waals surface area contributed by atoms with Crippen LogP contribution in [-0.2, 0) is 4.79 Å². The van der Waals surface area contributed by atoms with E-state index in [0.717, 1.165) is 16.9 Å². The van der Waals surface area contributed by atoms with Crippen molar-refractivity contribution in [2.45, 2.75) is 0 Å². The Morgan fingerprint density at radius 2 is 1.04 bits per heavy atom. The van der Waals surface area contributed by atoms with Crippen LogP contribution in [0.25, 0.3) is 5.57 Å². The molecule has 0 aromatic heterocycles. The van der Waals surface area contributed by atoms with Crippen LogP contribution >= 0.6 is 0 Å². The fraction of sp³-hybridized carbons (Fsp3) is 0. The van der Waals surface area contributed by atoms with Crippen LogP contribution < -0.4 is 4.90 Å². The highest BCUT2D eigenvalue weighted by atomic mass is 16.2. The molecule has 0 saturated carbocycles. The van der Waals surface area contributed by atoms with Crippen molar-refractivity contribution in [2.24, 2.45) is 0 Å². The number of hydrogen-bond acceptors (Lipinski definition) is 1. The third-order valence-electron chi connectivity index (χ3n) is 3.61. The Labute approximate surface area is 136 Å². The average molecular weight is 299 g/mol. The number of benzene rings is 3. The van der Waals surface area contributed by atoms with Gasteiger partial charge in [-0.05, 0) is 29.8 Å². The first-order valence-electron chi connectivity index (χ1n) is 7.46. The summed E-state index contributed by atoms with van der Waals surface area (Å²) >= 11 is 0. The van der Waals surface area contributed by atoms with Crippen molar-refractivity contribution < 1.29 is 4.79 Å². The van der Waals surface area contributed by atoms with Gasteiger partial charge in [-0.1, -0.05) is 73.3 Å². The monoisotopic (exact) mass is 299 g/mol. The SMILES string of the molecule is C=C(C(=O)N(c1ccccc1)c1ccccc1)c1ccccc1. The number of rotatable bonds is 4. The van der Waals surface area contributed by atoms with Crippen LogP contribution in [0.4, 0.5) is 11.4 Å². The van der Waals surface area contributed by atoms with Gasteiger partial charge in [-0.15, -0.1) is 0 Å². The summed E-state index contributed by atoms with van der Waals surface area (Å²) in [6.07, 6.45) is 0. The quantitative estimate of drug-likeness (QED) is 0.616. The third kappa shape index (κ3) is 3.22. The summed E-state index contributed by atoms with van der Waals surface area (Å²) in [5.41, 5.74) is 2.94. The molecule has 0 bridgehead atoms. The summed E-state index contributed by atoms with van der Waals surface area (Å²) in [4.78, 5) is 14.8. The van der Waals surface area contributed by atoms with Crippen molar-refractivity contribution in [3.8, 4) is 0 Å². The van der Waals surface area contributed by atoms with Gasteiger partial charge in [0.05, 0.1) is 0 Å². The standard InChI is InChI=1S/C21H17NO/c1-17(18-11-5-2-6-12-18)21(23)22(19-13-7-3-8-14-19)20-15-9-4-10-16-20/h2-16H,1H2. The number of carbonyl (C=O) groups is 1. The molecule has 2 heteroatoms. The predicted molar refractivity (Wildman–Crippen MR) is 95.5 cm³/mol. The van der Waals surface area contributed by atoms with Crippen molar-refractivity contribution in [1.29, 1.82) is 0 Å². The Balaban J connectivity index is 2.02. The highest BCUT2D eigenvalue weighted by Crippen LogP contribution is 2.28. The van der Waals surface area contributed by atoms with E-state index in [1.807, 2.05) is 91.0 Å². The smallest absolute Gasteiger partial charge is 0.262 e. The molecule has 3 aromatic rings. The van der Waals surface area contributed by atoms with Gasteiger partial charge >= 0.3 is 0 Å². The maximum absolute atomic E-state index is 13.1. The molecule has 0 N–H and O–H groups in total. The van der Waals surface area contributed by atoms with E-state index in [1.165, 1.54) is 0 Å². The molecule has 0 unspecified atom stereocenters. The summed E-state index contributed by atoms with van der Waals surface area (Å²) in [5.74, 6) is -0.131. The zero-order valence-electron chi connectivity index (χ0n) is 12.7. The summed E-state index contributed by atoms with van der Waals surface area (Å²) in [6, 6.07) is 28.8. The first kappa shape index (κ1) is 14.8. The molecule has 0 fully saturated rings. The van der Waals surface area contributed by atoms with Gasteiger partial charge in [0.1, 0.15) is 0 Å². The average Bonchev–Trinajstić information content (AvgIpc) is 2.64. The third-order valence-corrected chi connectivity index (χ3v) is 3.61. The van der Waals surface area contributed by atoms with Crippen molar-refractivity contribution in [2.75, 3.05) is 4.90 Å². The Morgan fingerprint density at radius 3 is 1.48 bits per heavy atom. The Bertz CT molecular complexity index is 756. The molecule has 0 radical (unpaired) electrons. The van der Waals surface area contributed by atoms with Crippen LogP contribution in [0, 0.1) is 0 Å². The first-order chi connectivity index (χ1) is 11.3. The van der Waals surface area contributed by atoms with E-state index < -0.39 is 0 Å². The van der Waals surface area contributed by atoms with Crippen LogP contribution in [-0.4, -0.2) is 5.91 Å². The molecule has 0 aliphatic rings. The second kappa shape index (κ2) is 6.75. The fourth-order valence-corrected chi connectivity index (χ4v) is 2.44. The summed E-state index contributed by atoms with van der Waals surface area (Å²) in [6.45, 7) is 4.01. The van der Waals surface area contributed by atoms with Crippen molar-refractivity contribution in [3.63, 3.8) is 0 Å². The van der Waals surface area contributed by atoms with E-state index in [4.69, 9.17) is 0 Å². The summed E-state index contributed by atoms with van der Waals surface area (Å²) in [7, 11) is 0. The molecule has 0 aliphatic heterocycles. The van der Waals surface area contributed by atoms with Gasteiger partial charge in [0.2, 0.25) is 0 Å². The van der Waals surface area contributed by atoms with Crippen LogP contribution in [0.15, 0.2) is 97.6 Å². The maximum atomic E-state index is 13.1. The van der Waals surface area contributed by atoms with Crippen molar-refractivity contribution in [1.82, 2.24) is 0 Å². The molecule has 0 spiro atoms. The minimum absolute atomic E-state index is 0.131. The van der Waals surface area contributed by atoms with Crippen LogP contribution in [0.1, 0.15) is 5.56 Å². The number of anilines is 2. The molecular formula is C21H17NO. The Morgan fingerprint density at radius 1 is 0.652 bits per heavy atom. The van der Waals surface area contributed by atoms with Gasteiger partial charge in [0, 0.05) is 16.9 Å². The molecule has 0 saturated heterocycles. The molecule has 3 rings (SSSR count). The lowest BCUT2D eigenvalue weighted by Crippen LogP contribution is -2.26. The molecule has 2 nitrogen and oxygen atoms in total. The lowest BCUT2D eigenvalue weighted by atomic mass is 10.1. The first-order valence-corrected chi connectivity index (χ1v) is 7.46. The highest BCUT2D eigenvalue weighted by molar-refractivity contribution is 6.28. The van der Waals surface area contributed by atoms with Gasteiger partial charge in [-0.25, -0.2) is 0 Å². The van der Waals surface area contributed by atoms with Crippen LogP contribution in [0.3, 0.4) is 0 Å². The molecule has 0 heterocycles. The Kier molecular flexibility index (Phi) is 4.34. The second-order valence-corrected chi connectivity index (χ2v) is 5.16. The van der Waals surface area contributed by atoms with Crippen LogP contribution in [0.2, 0.25) is 0 Å². The minimum Gasteiger partial charge on any atom is -0.277 e. The van der Waals surface area contributed by atoms with Crippen molar-refractivity contribution >= 4 is 22.9 Å². The van der Waals surface area contributed by atoms with Crippen LogP contribution in [0.5, 0.6) is 0 Å². The van der Waals surface area contributed by atoms with E-state index in [9.17, 15) is 4.79 Å². The van der Waals surface area contributed by atoms with Gasteiger partial charge in [-0.2, -0.15) is 0 Å². The maximum Gasteiger partial charge on any atom is 0.262 e. The van der Waals surface area contributed by atoms with E-state index in [2.05, 4.69) is 6.58 Å². The van der Waals surface area contributed by atoms with Gasteiger partial charge < -0.3 is 0 Å². The number of amides is 1. The highest BCUT2D eigenvalue weighted by Gasteiger charge is 2.21. The van der Waals surface area contributed by atoms with E-state index in [0.29, 0.717) is 5.57 Å². The molecule has 0 atom stereocenters. The molecule has 112 valence electrons. The number of para-hydroxylation sites is 2. The number of carbonyl (C=O) groups excluding carboxylic acids is 1. The van der Waals surface area contributed by atoms with E-state index in [1.54, 1.807) is 4.90 Å². The normalized spacial score (nSPS) is 10.1. The van der Waals surface area contributed by atoms with Gasteiger partial charge in [0.15, 0.2) is 0 Å². The molecule has 23 heavy (non-hydrogen) atoms. The number of nitrogens with zero attached hydrogens (tertiary/aromatic N) is 1. The molecule has 1 amide bonds. The fourth-order valence-electron chi connectivity index (χ4n) is 2.44. The zero-order chi connectivity index (χ0) is 16.1. The largest absolute Gasteiger partial charge is 0.277 e. The van der Waals surface area contributed by atoms with Gasteiger partial charge in [0.25, 0.3) is 5.91 Å². The molecular weight excluding hydrogens is 282 g/mol. The Hall–Kier alpha value is -3.13. The van der Waals surface area contributed by atoms with Crippen molar-refractivity contribution in [3.05, 3.63) is 103 Å². The molecule has 3 aromatic carbocycles. The van der Waals surface area contributed by atoms with E-state index >= 15 is 0 Å². The lowest BCUT2D eigenvalue weighted by molar-refractivity contribution is -0.112. The zero-order valence-corrected chi connectivity index (χ0v) is 12.7. The second-order valence-electron chi connectivity index (χ2n) is 5.16. The lowest BCUT2D eigenvalue weighted by Gasteiger charge is -2.24.